The Morgan fingerprint density at radius 2 is 2.20 bits per heavy atom. The van der Waals surface area contributed by atoms with Gasteiger partial charge in [0.1, 0.15) is 5.75 Å². The Labute approximate surface area is 126 Å². The molecule has 1 N–H and O–H groups in total. The van der Waals surface area contributed by atoms with Crippen molar-refractivity contribution < 1.29 is 4.74 Å². The fraction of sp³-hybridized carbons (Fsp3) is 0.625. The highest BCUT2D eigenvalue weighted by Crippen LogP contribution is 2.33. The second kappa shape index (κ2) is 6.23. The van der Waals surface area contributed by atoms with Gasteiger partial charge in [-0.05, 0) is 50.9 Å². The molecule has 0 saturated carbocycles. The van der Waals surface area contributed by atoms with Crippen LogP contribution >= 0.6 is 11.6 Å². The number of rotatable bonds is 4. The van der Waals surface area contributed by atoms with Crippen molar-refractivity contribution in [1.29, 1.82) is 0 Å². The van der Waals surface area contributed by atoms with Crippen LogP contribution in [-0.2, 0) is 0 Å². The molecule has 3 rings (SSSR count). The van der Waals surface area contributed by atoms with Crippen LogP contribution in [0.4, 0.5) is 5.69 Å². The summed E-state index contributed by atoms with van der Waals surface area (Å²) in [6.45, 7) is 5.16. The van der Waals surface area contributed by atoms with Crippen LogP contribution in [0.15, 0.2) is 18.2 Å². The summed E-state index contributed by atoms with van der Waals surface area (Å²) in [5.41, 5.74) is 1.04. The van der Waals surface area contributed by atoms with Crippen molar-refractivity contribution in [3.8, 4) is 5.75 Å². The van der Waals surface area contributed by atoms with E-state index in [1.807, 2.05) is 25.1 Å². The van der Waals surface area contributed by atoms with Gasteiger partial charge in [0.2, 0.25) is 0 Å². The van der Waals surface area contributed by atoms with Gasteiger partial charge in [0.25, 0.3) is 0 Å². The molecule has 0 spiro atoms. The monoisotopic (exact) mass is 294 g/mol. The Morgan fingerprint density at radius 1 is 1.30 bits per heavy atom. The standard InChI is InChI=1S/C16H23ClN2O/c1-2-20-16-7-6-12(17)11-14(16)18-13-8-10-19-9-4-3-5-15(13)19/h6-7,11,13,15,18H,2-5,8-10H2,1H3. The molecule has 4 heteroatoms. The van der Waals surface area contributed by atoms with Crippen LogP contribution in [0.5, 0.6) is 5.75 Å². The van der Waals surface area contributed by atoms with E-state index in [0.29, 0.717) is 18.7 Å². The molecule has 2 aliphatic heterocycles. The lowest BCUT2D eigenvalue weighted by molar-refractivity contribution is 0.192. The molecule has 1 aromatic rings. The van der Waals surface area contributed by atoms with E-state index in [4.69, 9.17) is 16.3 Å². The summed E-state index contributed by atoms with van der Waals surface area (Å²) >= 11 is 6.13. The fourth-order valence-electron chi connectivity index (χ4n) is 3.51. The fourth-order valence-corrected chi connectivity index (χ4v) is 3.68. The largest absolute Gasteiger partial charge is 0.492 e. The number of nitrogens with zero attached hydrogens (tertiary/aromatic N) is 1. The molecule has 0 bridgehead atoms. The predicted octanol–water partition coefficient (Wildman–Crippen LogP) is 3.78. The maximum atomic E-state index is 6.13. The number of hydrogen-bond acceptors (Lipinski definition) is 3. The number of nitrogens with one attached hydrogen (secondary N) is 1. The minimum atomic E-state index is 0.521. The van der Waals surface area contributed by atoms with E-state index in [2.05, 4.69) is 10.2 Å². The van der Waals surface area contributed by atoms with Gasteiger partial charge in [-0.2, -0.15) is 0 Å². The van der Waals surface area contributed by atoms with Gasteiger partial charge in [0.05, 0.1) is 12.3 Å². The average Bonchev–Trinajstić information content (AvgIpc) is 2.86. The average molecular weight is 295 g/mol. The van der Waals surface area contributed by atoms with Crippen molar-refractivity contribution in [3.63, 3.8) is 0 Å². The van der Waals surface area contributed by atoms with E-state index in [1.54, 1.807) is 0 Å². The Balaban J connectivity index is 1.75. The van der Waals surface area contributed by atoms with Crippen molar-refractivity contribution in [2.75, 3.05) is 25.0 Å². The summed E-state index contributed by atoms with van der Waals surface area (Å²) in [7, 11) is 0. The molecule has 20 heavy (non-hydrogen) atoms. The van der Waals surface area contributed by atoms with Gasteiger partial charge in [-0.3, -0.25) is 4.90 Å². The van der Waals surface area contributed by atoms with Gasteiger partial charge in [-0.1, -0.05) is 18.0 Å². The van der Waals surface area contributed by atoms with E-state index in [-0.39, 0.29) is 0 Å². The van der Waals surface area contributed by atoms with E-state index < -0.39 is 0 Å². The van der Waals surface area contributed by atoms with Gasteiger partial charge >= 0.3 is 0 Å². The molecule has 1 aromatic carbocycles. The molecule has 0 aliphatic carbocycles. The molecule has 110 valence electrons. The van der Waals surface area contributed by atoms with Crippen molar-refractivity contribution in [3.05, 3.63) is 23.2 Å². The second-order valence-corrected chi connectivity index (χ2v) is 6.15. The molecule has 0 aromatic heterocycles. The molecule has 0 amide bonds. The quantitative estimate of drug-likeness (QED) is 0.915. The maximum Gasteiger partial charge on any atom is 0.142 e. The lowest BCUT2D eigenvalue weighted by atomic mass is 9.99. The number of benzene rings is 1. The smallest absolute Gasteiger partial charge is 0.142 e. The van der Waals surface area contributed by atoms with Crippen LogP contribution in [0.2, 0.25) is 5.02 Å². The molecule has 2 heterocycles. The van der Waals surface area contributed by atoms with Crippen LogP contribution in [0.1, 0.15) is 32.6 Å². The van der Waals surface area contributed by atoms with Gasteiger partial charge in [-0.15, -0.1) is 0 Å². The minimum Gasteiger partial charge on any atom is -0.492 e. The Kier molecular flexibility index (Phi) is 4.37. The molecule has 0 radical (unpaired) electrons. The number of piperidine rings is 1. The molecule has 2 atom stereocenters. The van der Waals surface area contributed by atoms with E-state index >= 15 is 0 Å². The first-order valence-electron chi connectivity index (χ1n) is 7.71. The Hall–Kier alpha value is -0.930. The highest BCUT2D eigenvalue weighted by atomic mass is 35.5. The highest BCUT2D eigenvalue weighted by Gasteiger charge is 2.35. The Morgan fingerprint density at radius 3 is 3.05 bits per heavy atom. The summed E-state index contributed by atoms with van der Waals surface area (Å²) in [5, 5.41) is 4.44. The number of anilines is 1. The van der Waals surface area contributed by atoms with Crippen LogP contribution in [0.25, 0.3) is 0 Å². The molecular weight excluding hydrogens is 272 g/mol. The zero-order valence-electron chi connectivity index (χ0n) is 12.1. The second-order valence-electron chi connectivity index (χ2n) is 5.71. The van der Waals surface area contributed by atoms with E-state index in [0.717, 1.165) is 16.5 Å². The van der Waals surface area contributed by atoms with E-state index in [9.17, 15) is 0 Å². The normalized spacial score (nSPS) is 26.3. The van der Waals surface area contributed by atoms with E-state index in [1.165, 1.54) is 38.8 Å². The predicted molar refractivity (Wildman–Crippen MR) is 83.9 cm³/mol. The van der Waals surface area contributed by atoms with Crippen molar-refractivity contribution in [1.82, 2.24) is 4.90 Å². The summed E-state index contributed by atoms with van der Waals surface area (Å²) in [5.74, 6) is 0.908. The van der Waals surface area contributed by atoms with Gasteiger partial charge in [-0.25, -0.2) is 0 Å². The molecule has 2 aliphatic rings. The summed E-state index contributed by atoms with van der Waals surface area (Å²) in [6, 6.07) is 7.03. The highest BCUT2D eigenvalue weighted by molar-refractivity contribution is 6.30. The van der Waals surface area contributed by atoms with Crippen LogP contribution in [-0.4, -0.2) is 36.7 Å². The third-order valence-corrected chi connectivity index (χ3v) is 4.67. The van der Waals surface area contributed by atoms with Crippen molar-refractivity contribution >= 4 is 17.3 Å². The third-order valence-electron chi connectivity index (χ3n) is 4.44. The third kappa shape index (κ3) is 2.89. The number of ether oxygens (including phenoxy) is 1. The summed E-state index contributed by atoms with van der Waals surface area (Å²) in [4.78, 5) is 2.63. The maximum absolute atomic E-state index is 6.13. The van der Waals surface area contributed by atoms with Gasteiger partial charge in [0.15, 0.2) is 0 Å². The first-order valence-corrected chi connectivity index (χ1v) is 8.08. The topological polar surface area (TPSA) is 24.5 Å². The molecule has 3 nitrogen and oxygen atoms in total. The zero-order chi connectivity index (χ0) is 13.9. The molecule has 2 saturated heterocycles. The van der Waals surface area contributed by atoms with Crippen LogP contribution < -0.4 is 10.1 Å². The van der Waals surface area contributed by atoms with Crippen molar-refractivity contribution in [2.45, 2.75) is 44.7 Å². The summed E-state index contributed by atoms with van der Waals surface area (Å²) < 4.78 is 5.70. The van der Waals surface area contributed by atoms with Crippen LogP contribution in [0, 0.1) is 0 Å². The zero-order valence-corrected chi connectivity index (χ0v) is 12.8. The van der Waals surface area contributed by atoms with Crippen LogP contribution in [0.3, 0.4) is 0 Å². The molecule has 2 fully saturated rings. The first kappa shape index (κ1) is 14.0. The summed E-state index contributed by atoms with van der Waals surface area (Å²) in [6.07, 6.45) is 5.22. The number of halogens is 1. The van der Waals surface area contributed by atoms with Crippen molar-refractivity contribution in [2.24, 2.45) is 0 Å². The number of hydrogen-bond donors (Lipinski definition) is 1. The molecule has 2 unspecified atom stereocenters. The molecular formula is C16H23ClN2O. The van der Waals surface area contributed by atoms with Gasteiger partial charge in [0, 0.05) is 23.7 Å². The SMILES string of the molecule is CCOc1ccc(Cl)cc1NC1CCN2CCCCC12. The number of fused-ring (bicyclic) bond motifs is 1. The van der Waals surface area contributed by atoms with Gasteiger partial charge < -0.3 is 10.1 Å². The Bertz CT molecular complexity index is 466. The lowest BCUT2D eigenvalue weighted by Crippen LogP contribution is -2.41. The minimum absolute atomic E-state index is 0.521. The lowest BCUT2D eigenvalue weighted by Gasteiger charge is -2.33. The first-order chi connectivity index (χ1) is 9.78.